The molecule has 2 aliphatic heterocycles. The molecule has 0 N–H and O–H groups in total. The van der Waals surface area contributed by atoms with Gasteiger partial charge < -0.3 is 14.7 Å². The Kier molecular flexibility index (Phi) is 5.68. The third-order valence-corrected chi connectivity index (χ3v) is 6.91. The van der Waals surface area contributed by atoms with Crippen molar-refractivity contribution < 1.29 is 4.79 Å². The van der Waals surface area contributed by atoms with Crippen LogP contribution in [0.4, 0.5) is 11.5 Å². The predicted octanol–water partition coefficient (Wildman–Crippen LogP) is 2.56. The van der Waals surface area contributed by atoms with E-state index in [4.69, 9.17) is 0 Å². The SMILES string of the molecule is CCc1c(C)nc2ncnn2c1N1CCC(C(=O)N2CCN(c3ccccc3)CC2)CC1. The number of hydrogen-bond donors (Lipinski definition) is 0. The van der Waals surface area contributed by atoms with E-state index in [0.29, 0.717) is 11.7 Å². The van der Waals surface area contributed by atoms with E-state index in [1.54, 1.807) is 6.33 Å². The molecule has 2 fully saturated rings. The molecule has 0 atom stereocenters. The Morgan fingerprint density at radius 2 is 1.72 bits per heavy atom. The molecular weight excluding hydrogens is 402 g/mol. The van der Waals surface area contributed by atoms with Crippen LogP contribution in [0.25, 0.3) is 5.78 Å². The number of anilines is 2. The molecule has 3 aromatic rings. The maximum absolute atomic E-state index is 13.2. The van der Waals surface area contributed by atoms with Gasteiger partial charge in [-0.15, -0.1) is 0 Å². The highest BCUT2D eigenvalue weighted by atomic mass is 16.2. The number of rotatable bonds is 4. The fourth-order valence-corrected chi connectivity index (χ4v) is 5.13. The second-order valence-electron chi connectivity index (χ2n) is 8.73. The Morgan fingerprint density at radius 3 is 2.41 bits per heavy atom. The van der Waals surface area contributed by atoms with Gasteiger partial charge in [0.1, 0.15) is 12.1 Å². The summed E-state index contributed by atoms with van der Waals surface area (Å²) < 4.78 is 1.86. The van der Waals surface area contributed by atoms with Crippen LogP contribution < -0.4 is 9.80 Å². The van der Waals surface area contributed by atoms with Crippen LogP contribution in [0.5, 0.6) is 0 Å². The van der Waals surface area contributed by atoms with Gasteiger partial charge >= 0.3 is 0 Å². The summed E-state index contributed by atoms with van der Waals surface area (Å²) >= 11 is 0. The van der Waals surface area contributed by atoms with Gasteiger partial charge in [-0.25, -0.2) is 4.98 Å². The number of piperidine rings is 1. The summed E-state index contributed by atoms with van der Waals surface area (Å²) in [5.74, 6) is 2.16. The zero-order valence-electron chi connectivity index (χ0n) is 18.9. The van der Waals surface area contributed by atoms with Crippen molar-refractivity contribution in [1.82, 2.24) is 24.5 Å². The summed E-state index contributed by atoms with van der Waals surface area (Å²) in [5, 5.41) is 4.42. The molecule has 168 valence electrons. The molecule has 2 aromatic heterocycles. The van der Waals surface area contributed by atoms with Crippen molar-refractivity contribution in [2.75, 3.05) is 49.1 Å². The van der Waals surface area contributed by atoms with Gasteiger partial charge in [-0.05, 0) is 38.3 Å². The molecular formula is C24H31N7O. The zero-order valence-corrected chi connectivity index (χ0v) is 18.9. The first-order valence-electron chi connectivity index (χ1n) is 11.7. The standard InChI is InChI=1S/C24H31N7O/c1-3-21-18(2)27-24-25-17-26-31(24)22(21)29-11-9-19(10-12-29)23(32)30-15-13-28(14-16-30)20-7-5-4-6-8-20/h4-8,17,19H,3,9-16H2,1-2H3. The first-order chi connectivity index (χ1) is 15.7. The lowest BCUT2D eigenvalue weighted by atomic mass is 9.94. The fraction of sp³-hybridized carbons (Fsp3) is 0.500. The highest BCUT2D eigenvalue weighted by Gasteiger charge is 2.32. The Labute approximate surface area is 188 Å². The van der Waals surface area contributed by atoms with Crippen LogP contribution in [-0.4, -0.2) is 69.7 Å². The van der Waals surface area contributed by atoms with Crippen molar-refractivity contribution in [3.05, 3.63) is 47.9 Å². The Bertz CT molecular complexity index is 1080. The van der Waals surface area contributed by atoms with Crippen LogP contribution in [0.15, 0.2) is 36.7 Å². The molecule has 2 aliphatic rings. The molecule has 5 rings (SSSR count). The normalized spacial score (nSPS) is 17.9. The van der Waals surface area contributed by atoms with Crippen molar-refractivity contribution in [1.29, 1.82) is 0 Å². The number of piperazine rings is 1. The van der Waals surface area contributed by atoms with Crippen molar-refractivity contribution >= 4 is 23.2 Å². The van der Waals surface area contributed by atoms with Crippen LogP contribution >= 0.6 is 0 Å². The van der Waals surface area contributed by atoms with E-state index in [1.165, 1.54) is 11.3 Å². The first-order valence-corrected chi connectivity index (χ1v) is 11.7. The minimum atomic E-state index is 0.105. The van der Waals surface area contributed by atoms with E-state index in [0.717, 1.165) is 70.0 Å². The monoisotopic (exact) mass is 433 g/mol. The van der Waals surface area contributed by atoms with Gasteiger partial charge in [-0.2, -0.15) is 14.6 Å². The highest BCUT2D eigenvalue weighted by Crippen LogP contribution is 2.29. The number of aromatic nitrogens is 4. The summed E-state index contributed by atoms with van der Waals surface area (Å²) in [6.07, 6.45) is 4.21. The lowest BCUT2D eigenvalue weighted by molar-refractivity contribution is -0.136. The quantitative estimate of drug-likeness (QED) is 0.630. The Morgan fingerprint density at radius 1 is 1.00 bits per heavy atom. The third-order valence-electron chi connectivity index (χ3n) is 6.91. The Balaban J connectivity index is 1.23. The van der Waals surface area contributed by atoms with Crippen molar-refractivity contribution in [2.45, 2.75) is 33.1 Å². The topological polar surface area (TPSA) is 69.9 Å². The van der Waals surface area contributed by atoms with E-state index in [1.807, 2.05) is 17.5 Å². The molecule has 8 heteroatoms. The van der Waals surface area contributed by atoms with Crippen LogP contribution in [-0.2, 0) is 11.2 Å². The summed E-state index contributed by atoms with van der Waals surface area (Å²) in [4.78, 5) is 28.9. The van der Waals surface area contributed by atoms with Gasteiger partial charge in [-0.3, -0.25) is 4.79 Å². The smallest absolute Gasteiger partial charge is 0.254 e. The number of para-hydroxylation sites is 1. The van der Waals surface area contributed by atoms with Crippen LogP contribution in [0.2, 0.25) is 0 Å². The Hall–Kier alpha value is -3.16. The van der Waals surface area contributed by atoms with E-state index in [2.05, 4.69) is 61.0 Å². The maximum Gasteiger partial charge on any atom is 0.254 e. The summed E-state index contributed by atoms with van der Waals surface area (Å²) in [7, 11) is 0. The van der Waals surface area contributed by atoms with E-state index < -0.39 is 0 Å². The number of amides is 1. The molecule has 32 heavy (non-hydrogen) atoms. The minimum absolute atomic E-state index is 0.105. The van der Waals surface area contributed by atoms with Crippen molar-refractivity contribution in [3.8, 4) is 0 Å². The number of hydrogen-bond acceptors (Lipinski definition) is 6. The lowest BCUT2D eigenvalue weighted by Crippen LogP contribution is -2.51. The van der Waals surface area contributed by atoms with Gasteiger partial charge in [-0.1, -0.05) is 25.1 Å². The van der Waals surface area contributed by atoms with Crippen LogP contribution in [0.3, 0.4) is 0 Å². The summed E-state index contributed by atoms with van der Waals surface area (Å²) in [6, 6.07) is 10.5. The number of carbonyl (C=O) groups is 1. The average molecular weight is 434 g/mol. The summed E-state index contributed by atoms with van der Waals surface area (Å²) in [5.41, 5.74) is 3.47. The second-order valence-corrected chi connectivity index (χ2v) is 8.73. The van der Waals surface area contributed by atoms with Gasteiger partial charge in [0.2, 0.25) is 5.91 Å². The molecule has 8 nitrogen and oxygen atoms in total. The maximum atomic E-state index is 13.2. The third kappa shape index (κ3) is 3.78. The van der Waals surface area contributed by atoms with E-state index >= 15 is 0 Å². The number of carbonyl (C=O) groups excluding carboxylic acids is 1. The minimum Gasteiger partial charge on any atom is -0.368 e. The molecule has 2 saturated heterocycles. The van der Waals surface area contributed by atoms with Gasteiger partial charge in [0.15, 0.2) is 0 Å². The molecule has 0 aliphatic carbocycles. The highest BCUT2D eigenvalue weighted by molar-refractivity contribution is 5.79. The second kappa shape index (κ2) is 8.76. The van der Waals surface area contributed by atoms with Gasteiger partial charge in [0.05, 0.1) is 0 Å². The van der Waals surface area contributed by atoms with Crippen LogP contribution in [0, 0.1) is 12.8 Å². The number of nitrogens with zero attached hydrogens (tertiary/aromatic N) is 7. The van der Waals surface area contributed by atoms with E-state index in [-0.39, 0.29) is 5.92 Å². The fourth-order valence-electron chi connectivity index (χ4n) is 5.13. The number of benzene rings is 1. The molecule has 0 saturated carbocycles. The molecule has 1 aromatic carbocycles. The first kappa shape index (κ1) is 20.7. The molecule has 0 spiro atoms. The summed E-state index contributed by atoms with van der Waals surface area (Å²) in [6.45, 7) is 9.31. The molecule has 4 heterocycles. The molecule has 0 radical (unpaired) electrons. The van der Waals surface area contributed by atoms with Gasteiger partial charge in [0.25, 0.3) is 5.78 Å². The van der Waals surface area contributed by atoms with E-state index in [9.17, 15) is 4.79 Å². The number of fused-ring (bicyclic) bond motifs is 1. The molecule has 0 unspecified atom stereocenters. The number of aryl methyl sites for hydroxylation is 1. The largest absolute Gasteiger partial charge is 0.368 e. The van der Waals surface area contributed by atoms with Crippen molar-refractivity contribution in [3.63, 3.8) is 0 Å². The zero-order chi connectivity index (χ0) is 22.1. The van der Waals surface area contributed by atoms with Crippen molar-refractivity contribution in [2.24, 2.45) is 5.92 Å². The lowest BCUT2D eigenvalue weighted by Gasteiger charge is -2.40. The van der Waals surface area contributed by atoms with Crippen LogP contribution in [0.1, 0.15) is 31.0 Å². The average Bonchev–Trinajstić information content (AvgIpc) is 3.31. The molecule has 0 bridgehead atoms. The molecule has 1 amide bonds. The predicted molar refractivity (Wildman–Crippen MR) is 125 cm³/mol. The van der Waals surface area contributed by atoms with Gasteiger partial charge in [0, 0.05) is 62.1 Å².